The minimum absolute atomic E-state index is 0.0669. The number of rotatable bonds is 3. The number of ether oxygens (including phenoxy) is 3. The van der Waals surface area contributed by atoms with Crippen LogP contribution in [0, 0.1) is 0 Å². The van der Waals surface area contributed by atoms with E-state index in [0.29, 0.717) is 0 Å². The predicted octanol–water partition coefficient (Wildman–Crippen LogP) is -2.08. The van der Waals surface area contributed by atoms with Crippen LogP contribution in [0.25, 0.3) is 0 Å². The number of hydrogen-bond acceptors (Lipinski definition) is 7. The molecule has 0 aliphatic carbocycles. The minimum Gasteiger partial charge on any atom is -0.453 e. The third-order valence-electron chi connectivity index (χ3n) is 3.90. The molecule has 2 aliphatic rings. The first-order chi connectivity index (χ1) is 10.5. The van der Waals surface area contributed by atoms with Gasteiger partial charge in [0.25, 0.3) is 5.56 Å². The molecule has 2 saturated heterocycles. The number of fused-ring (bicyclic) bond motifs is 2. The van der Waals surface area contributed by atoms with Crippen LogP contribution >= 0.6 is 0 Å². The summed E-state index contributed by atoms with van der Waals surface area (Å²) in [5.74, 6) is 0. The van der Waals surface area contributed by atoms with Crippen LogP contribution in [0.2, 0.25) is 0 Å². The number of carbonyl (C=O) groups excluding carboxylic acids is 1. The highest BCUT2D eigenvalue weighted by atomic mass is 16.6. The average molecular weight is 313 g/mol. The topological polar surface area (TPSA) is 132 Å². The minimum atomic E-state index is -1.17. The van der Waals surface area contributed by atoms with Gasteiger partial charge in [0.05, 0.1) is 26.4 Å². The smallest absolute Gasteiger partial charge is 0.407 e. The van der Waals surface area contributed by atoms with Crippen molar-refractivity contribution in [3.63, 3.8) is 0 Å². The second-order valence-electron chi connectivity index (χ2n) is 5.14. The van der Waals surface area contributed by atoms with Gasteiger partial charge in [0, 0.05) is 12.3 Å². The Morgan fingerprint density at radius 1 is 1.64 bits per heavy atom. The molecule has 0 unspecified atom stereocenters. The molecular formula is C12H15N3O7. The zero-order valence-electron chi connectivity index (χ0n) is 11.6. The molecule has 0 spiro atoms. The molecule has 3 N–H and O–H groups in total. The molecule has 120 valence electrons. The summed E-state index contributed by atoms with van der Waals surface area (Å²) in [6.45, 7) is -0.343. The number of aliphatic hydroxyl groups is 1. The summed E-state index contributed by atoms with van der Waals surface area (Å²) in [4.78, 5) is 36.6. The molecule has 2 bridgehead atoms. The van der Waals surface area contributed by atoms with Crippen molar-refractivity contribution in [2.24, 2.45) is 0 Å². The number of carbonyl (C=O) groups is 1. The molecule has 0 saturated carbocycles. The quantitative estimate of drug-likeness (QED) is 0.583. The summed E-state index contributed by atoms with van der Waals surface area (Å²) in [7, 11) is 1.21. The molecule has 4 atom stereocenters. The third kappa shape index (κ3) is 2.12. The van der Waals surface area contributed by atoms with Gasteiger partial charge in [0.1, 0.15) is 11.7 Å². The number of nitrogens with zero attached hydrogens (tertiary/aromatic N) is 1. The van der Waals surface area contributed by atoms with E-state index >= 15 is 0 Å². The number of nitrogens with one attached hydrogen (secondary N) is 2. The summed E-state index contributed by atoms with van der Waals surface area (Å²) < 4.78 is 17.0. The highest BCUT2D eigenvalue weighted by Gasteiger charge is 2.62. The third-order valence-corrected chi connectivity index (χ3v) is 3.90. The SMILES string of the molecule is COC(=O)N[C@H]1[C@H]2OC[C@]1(CO)O[C@H]2n1ccc(=O)[nH]c1=O. The van der Waals surface area contributed by atoms with Crippen molar-refractivity contribution in [1.82, 2.24) is 14.9 Å². The van der Waals surface area contributed by atoms with Gasteiger partial charge in [-0.3, -0.25) is 14.3 Å². The van der Waals surface area contributed by atoms with E-state index in [0.717, 1.165) is 4.57 Å². The van der Waals surface area contributed by atoms with Crippen LogP contribution in [-0.2, 0) is 14.2 Å². The molecule has 0 radical (unpaired) electrons. The summed E-state index contributed by atoms with van der Waals surface area (Å²) >= 11 is 0. The van der Waals surface area contributed by atoms with Crippen LogP contribution < -0.4 is 16.6 Å². The Morgan fingerprint density at radius 2 is 2.41 bits per heavy atom. The summed E-state index contributed by atoms with van der Waals surface area (Å²) in [6.07, 6.45) is -1.01. The first-order valence-corrected chi connectivity index (χ1v) is 6.57. The molecule has 1 aromatic heterocycles. The first-order valence-electron chi connectivity index (χ1n) is 6.57. The Morgan fingerprint density at radius 3 is 3.05 bits per heavy atom. The molecule has 3 heterocycles. The maximum Gasteiger partial charge on any atom is 0.407 e. The number of hydrogen-bond donors (Lipinski definition) is 3. The van der Waals surface area contributed by atoms with E-state index in [1.807, 2.05) is 0 Å². The fraction of sp³-hybridized carbons (Fsp3) is 0.583. The Bertz CT molecular complexity index is 698. The van der Waals surface area contributed by atoms with Crippen LogP contribution in [-0.4, -0.2) is 58.8 Å². The van der Waals surface area contributed by atoms with Crippen molar-refractivity contribution in [3.8, 4) is 0 Å². The van der Waals surface area contributed by atoms with Gasteiger partial charge in [-0.05, 0) is 0 Å². The molecule has 2 fully saturated rings. The van der Waals surface area contributed by atoms with Crippen LogP contribution in [0.1, 0.15) is 6.23 Å². The summed E-state index contributed by atoms with van der Waals surface area (Å²) in [5, 5.41) is 12.2. The molecule has 22 heavy (non-hydrogen) atoms. The van der Waals surface area contributed by atoms with Gasteiger partial charge in [0.15, 0.2) is 6.23 Å². The highest BCUT2D eigenvalue weighted by molar-refractivity contribution is 5.68. The fourth-order valence-corrected chi connectivity index (χ4v) is 2.81. The lowest BCUT2D eigenvalue weighted by Gasteiger charge is -2.30. The van der Waals surface area contributed by atoms with Crippen molar-refractivity contribution in [2.75, 3.05) is 20.3 Å². The molecule has 1 amide bonds. The van der Waals surface area contributed by atoms with Crippen molar-refractivity contribution >= 4 is 6.09 Å². The van der Waals surface area contributed by atoms with Crippen molar-refractivity contribution in [3.05, 3.63) is 33.1 Å². The number of amides is 1. The van der Waals surface area contributed by atoms with Gasteiger partial charge >= 0.3 is 11.8 Å². The monoisotopic (exact) mass is 313 g/mol. The normalized spacial score (nSPS) is 32.9. The maximum atomic E-state index is 11.9. The van der Waals surface area contributed by atoms with Gasteiger partial charge in [-0.15, -0.1) is 0 Å². The molecule has 0 aromatic carbocycles. The lowest BCUT2D eigenvalue weighted by Crippen LogP contribution is -2.53. The molecule has 10 heteroatoms. The van der Waals surface area contributed by atoms with E-state index < -0.39 is 47.9 Å². The van der Waals surface area contributed by atoms with Gasteiger partial charge in [-0.1, -0.05) is 0 Å². The van der Waals surface area contributed by atoms with Gasteiger partial charge in [-0.25, -0.2) is 9.59 Å². The molecule has 1 aromatic rings. The number of aromatic amines is 1. The Kier molecular flexibility index (Phi) is 3.51. The second-order valence-corrected chi connectivity index (χ2v) is 5.14. The van der Waals surface area contributed by atoms with E-state index in [1.165, 1.54) is 19.4 Å². The summed E-state index contributed by atoms with van der Waals surface area (Å²) in [5.41, 5.74) is -2.37. The first kappa shape index (κ1) is 14.8. The molecule has 3 rings (SSSR count). The van der Waals surface area contributed by atoms with Crippen LogP contribution in [0.5, 0.6) is 0 Å². The Hall–Kier alpha value is -2.17. The van der Waals surface area contributed by atoms with Crippen LogP contribution in [0.3, 0.4) is 0 Å². The molecule has 2 aliphatic heterocycles. The van der Waals surface area contributed by atoms with Crippen LogP contribution in [0.4, 0.5) is 4.79 Å². The van der Waals surface area contributed by atoms with E-state index in [-0.39, 0.29) is 6.61 Å². The van der Waals surface area contributed by atoms with E-state index in [4.69, 9.17) is 9.47 Å². The molecule has 10 nitrogen and oxygen atoms in total. The zero-order valence-corrected chi connectivity index (χ0v) is 11.6. The summed E-state index contributed by atoms with van der Waals surface area (Å²) in [6, 6.07) is 0.485. The number of alkyl carbamates (subject to hydrolysis) is 1. The second kappa shape index (κ2) is 5.23. The van der Waals surface area contributed by atoms with Gasteiger partial charge in [-0.2, -0.15) is 0 Å². The largest absolute Gasteiger partial charge is 0.453 e. The maximum absolute atomic E-state index is 11.9. The average Bonchev–Trinajstić information content (AvgIpc) is 2.99. The lowest BCUT2D eigenvalue weighted by atomic mass is 9.97. The Labute approximate surface area is 123 Å². The lowest BCUT2D eigenvalue weighted by molar-refractivity contribution is -0.185. The standard InChI is InChI=1S/C12H15N3O7/c1-20-11(19)14-8-7-9(22-12(8,4-16)5-21-7)15-3-2-6(17)13-10(15)18/h2-3,7-9,16H,4-5H2,1H3,(H,14,19)(H,13,17,18)/t7-,8+,9-,12+/m1/s1. The number of methoxy groups -OCH3 is 1. The van der Waals surface area contributed by atoms with E-state index in [9.17, 15) is 19.5 Å². The zero-order chi connectivity index (χ0) is 15.9. The van der Waals surface area contributed by atoms with Gasteiger partial charge in [0.2, 0.25) is 0 Å². The predicted molar refractivity (Wildman–Crippen MR) is 70.3 cm³/mol. The molecular weight excluding hydrogens is 298 g/mol. The van der Waals surface area contributed by atoms with Gasteiger partial charge < -0.3 is 24.6 Å². The number of aliphatic hydroxyl groups excluding tert-OH is 1. The number of H-pyrrole nitrogens is 1. The fourth-order valence-electron chi connectivity index (χ4n) is 2.81. The highest BCUT2D eigenvalue weighted by Crippen LogP contribution is 2.44. The van der Waals surface area contributed by atoms with Crippen molar-refractivity contribution in [2.45, 2.75) is 24.0 Å². The number of aromatic nitrogens is 2. The van der Waals surface area contributed by atoms with Crippen molar-refractivity contribution in [1.29, 1.82) is 0 Å². The van der Waals surface area contributed by atoms with E-state index in [1.54, 1.807) is 0 Å². The Balaban J connectivity index is 1.95. The van der Waals surface area contributed by atoms with E-state index in [2.05, 4.69) is 15.0 Å². The van der Waals surface area contributed by atoms with Crippen LogP contribution in [0.15, 0.2) is 21.9 Å². The van der Waals surface area contributed by atoms with Crippen molar-refractivity contribution < 1.29 is 24.1 Å².